The Balaban J connectivity index is 0. The summed E-state index contributed by atoms with van der Waals surface area (Å²) < 4.78 is 0. The van der Waals surface area contributed by atoms with Crippen LogP contribution in [0.5, 0.6) is 0 Å². The van der Waals surface area contributed by atoms with E-state index in [1.807, 2.05) is 0 Å². The molecule has 7 heavy (non-hydrogen) atoms. The van der Waals surface area contributed by atoms with Gasteiger partial charge in [-0.2, -0.15) is 0 Å². The first-order chi connectivity index (χ1) is 0. The molecule has 0 aliphatic heterocycles. The quantitative estimate of drug-likeness (QED) is 0.459. The first-order valence-corrected chi connectivity index (χ1v) is 0. The normalized spacial score (nSPS) is 0. The maximum Gasteiger partial charge on any atom is 4.00 e. The molecule has 0 spiro atoms. The van der Waals surface area contributed by atoms with Gasteiger partial charge in [-0.25, -0.2) is 0 Å². The molecule has 0 fully saturated rings. The average molecular weight is 207 g/mol. The van der Waals surface area contributed by atoms with Crippen molar-refractivity contribution >= 4 is 11.0 Å². The summed E-state index contributed by atoms with van der Waals surface area (Å²) in [6.07, 6.45) is 0. The topological polar surface area (TPSA) is 114 Å². The molecule has 0 saturated heterocycles. The molecule has 7 heteroatoms. The monoisotopic (exact) mass is 207 g/mol. The third-order valence-corrected chi connectivity index (χ3v) is 0. The van der Waals surface area contributed by atoms with E-state index in [0.29, 0.717) is 0 Å². The van der Waals surface area contributed by atoms with E-state index in [-0.39, 0.29) is 66.7 Å². The number of rotatable bonds is 0. The Kier molecular flexibility index (Phi) is 11000. The van der Waals surface area contributed by atoms with Gasteiger partial charge >= 0.3 is 44.8 Å². The van der Waals surface area contributed by atoms with Crippen LogP contribution in [0.15, 0.2) is 0 Å². The SMILES string of the molecule is [Co+2].[Fe+2].[O-2].[O-2].[O-2].[O-2].[Si+4]. The van der Waals surface area contributed by atoms with Crippen LogP contribution in [0.2, 0.25) is 0 Å². The standard InChI is InChI=1S/Co.Fe.4O.Si/q2*+2;4*-2;+4. The predicted molar refractivity (Wildman–Crippen MR) is 8.50 cm³/mol. The first kappa shape index (κ1) is 346. The van der Waals surface area contributed by atoms with Crippen LogP contribution in [0.3, 0.4) is 0 Å². The van der Waals surface area contributed by atoms with Crippen molar-refractivity contribution in [3.05, 3.63) is 0 Å². The minimum Gasteiger partial charge on any atom is -2.00 e. The summed E-state index contributed by atoms with van der Waals surface area (Å²) in [6.45, 7) is 0. The molecule has 0 rings (SSSR count). The second-order valence-corrected chi connectivity index (χ2v) is 0. The molecule has 0 aliphatic carbocycles. The zero-order chi connectivity index (χ0) is 0. The van der Waals surface area contributed by atoms with Crippen molar-refractivity contribution in [2.75, 3.05) is 0 Å². The smallest absolute Gasteiger partial charge is 2.00 e. The molecule has 0 saturated carbocycles. The third kappa shape index (κ3) is 156. The van der Waals surface area contributed by atoms with Crippen molar-refractivity contribution in [2.24, 2.45) is 0 Å². The maximum atomic E-state index is 0. The Morgan fingerprint density at radius 3 is 0.571 bits per heavy atom. The average Bonchev–Trinajstić information content (AvgIpc) is 0. The second kappa shape index (κ2) is 224. The van der Waals surface area contributed by atoms with Gasteiger partial charge in [-0.1, -0.05) is 0 Å². The van der Waals surface area contributed by atoms with E-state index >= 15 is 0 Å². The van der Waals surface area contributed by atoms with Crippen LogP contribution in [0.1, 0.15) is 0 Å². The molecular formula is CoFeO4Si. The van der Waals surface area contributed by atoms with Crippen LogP contribution in [-0.2, 0) is 55.8 Å². The van der Waals surface area contributed by atoms with Crippen LogP contribution >= 0.6 is 0 Å². The molecule has 4 nitrogen and oxygen atoms in total. The minimum atomic E-state index is 0. The number of hydrogen-bond donors (Lipinski definition) is 0. The van der Waals surface area contributed by atoms with E-state index in [1.54, 1.807) is 0 Å². The Labute approximate surface area is 67.0 Å². The molecule has 0 heterocycles. The van der Waals surface area contributed by atoms with Gasteiger partial charge in [0.25, 0.3) is 0 Å². The molecule has 0 bridgehead atoms. The van der Waals surface area contributed by atoms with Crippen LogP contribution in [0.4, 0.5) is 0 Å². The van der Waals surface area contributed by atoms with Gasteiger partial charge in [-0.05, 0) is 0 Å². The summed E-state index contributed by atoms with van der Waals surface area (Å²) in [4.78, 5) is 0. The van der Waals surface area contributed by atoms with Crippen LogP contribution in [-0.4, -0.2) is 11.0 Å². The number of hydrogen-bond acceptors (Lipinski definition) is 0. The Morgan fingerprint density at radius 1 is 0.571 bits per heavy atom. The van der Waals surface area contributed by atoms with E-state index in [4.69, 9.17) is 0 Å². The summed E-state index contributed by atoms with van der Waals surface area (Å²) in [5.74, 6) is 0. The molecule has 0 aromatic rings. The Morgan fingerprint density at radius 2 is 0.571 bits per heavy atom. The molecule has 0 atom stereocenters. The Hall–Kier alpha value is 1.08. The first-order valence-electron chi connectivity index (χ1n) is 0. The van der Waals surface area contributed by atoms with Crippen LogP contribution < -0.4 is 0 Å². The van der Waals surface area contributed by atoms with E-state index in [9.17, 15) is 0 Å². The van der Waals surface area contributed by atoms with Crippen molar-refractivity contribution in [3.63, 3.8) is 0 Å². The molecule has 0 N–H and O–H groups in total. The summed E-state index contributed by atoms with van der Waals surface area (Å²) in [5, 5.41) is 0. The van der Waals surface area contributed by atoms with E-state index in [1.165, 1.54) is 0 Å². The summed E-state index contributed by atoms with van der Waals surface area (Å²) in [5.41, 5.74) is 0. The van der Waals surface area contributed by atoms with Crippen molar-refractivity contribution in [1.82, 2.24) is 0 Å². The van der Waals surface area contributed by atoms with E-state index < -0.39 is 0 Å². The zero-order valence-corrected chi connectivity index (χ0v) is 5.97. The van der Waals surface area contributed by atoms with Gasteiger partial charge in [-0.3, -0.25) is 0 Å². The zero-order valence-electron chi connectivity index (χ0n) is 2.82. The van der Waals surface area contributed by atoms with Gasteiger partial charge in [-0.15, -0.1) is 0 Å². The minimum absolute atomic E-state index is 0. The fourth-order valence-electron chi connectivity index (χ4n) is 0. The third-order valence-electron chi connectivity index (χ3n) is 0. The van der Waals surface area contributed by atoms with Crippen LogP contribution in [0.25, 0.3) is 0 Å². The fourth-order valence-corrected chi connectivity index (χ4v) is 0. The molecule has 0 aliphatic rings. The molecule has 0 amide bonds. The van der Waals surface area contributed by atoms with Gasteiger partial charge in [0.1, 0.15) is 0 Å². The van der Waals surface area contributed by atoms with Crippen molar-refractivity contribution in [1.29, 1.82) is 0 Å². The van der Waals surface area contributed by atoms with Crippen molar-refractivity contribution in [2.45, 2.75) is 0 Å². The molecule has 0 unspecified atom stereocenters. The van der Waals surface area contributed by atoms with E-state index in [0.717, 1.165) is 0 Å². The fraction of sp³-hybridized carbons (Fsp3) is 0. The van der Waals surface area contributed by atoms with E-state index in [2.05, 4.69) is 0 Å². The van der Waals surface area contributed by atoms with Gasteiger partial charge < -0.3 is 21.9 Å². The molecule has 0 aromatic carbocycles. The predicted octanol–water partition coefficient (Wildman–Crippen LogP) is -0.861. The van der Waals surface area contributed by atoms with Gasteiger partial charge in [0.05, 0.1) is 0 Å². The second-order valence-electron chi connectivity index (χ2n) is 0. The summed E-state index contributed by atoms with van der Waals surface area (Å²) in [6, 6.07) is 0. The van der Waals surface area contributed by atoms with Gasteiger partial charge in [0.2, 0.25) is 0 Å². The molecular weight excluding hydrogens is 207 g/mol. The van der Waals surface area contributed by atoms with Crippen molar-refractivity contribution in [3.8, 4) is 0 Å². The summed E-state index contributed by atoms with van der Waals surface area (Å²) >= 11 is 0. The van der Waals surface area contributed by atoms with Crippen LogP contribution in [0, 0.1) is 0 Å². The van der Waals surface area contributed by atoms with Gasteiger partial charge in [0.15, 0.2) is 0 Å². The summed E-state index contributed by atoms with van der Waals surface area (Å²) in [7, 11) is 0. The maximum absolute atomic E-state index is 0. The molecule has 45 valence electrons. The van der Waals surface area contributed by atoms with Gasteiger partial charge in [0, 0.05) is 0 Å². The van der Waals surface area contributed by atoms with Crippen molar-refractivity contribution < 1.29 is 55.8 Å². The largest absolute Gasteiger partial charge is 4.00 e. The Bertz CT molecular complexity index is 11.7. The molecule has 1 radical (unpaired) electrons. The molecule has 0 aromatic heterocycles.